The summed E-state index contributed by atoms with van der Waals surface area (Å²) in [6, 6.07) is 15.2. The van der Waals surface area contributed by atoms with E-state index >= 15 is 0 Å². The Morgan fingerprint density at radius 1 is 1.00 bits per heavy atom. The average Bonchev–Trinajstić information content (AvgIpc) is 2.42. The molecule has 0 fully saturated rings. The normalized spacial score (nSPS) is 10.7. The fraction of sp³-hybridized carbons (Fsp3) is 0.250. The second-order valence-corrected chi connectivity index (χ2v) is 4.71. The number of hydrogen-bond acceptors (Lipinski definition) is 2. The summed E-state index contributed by atoms with van der Waals surface area (Å²) in [4.78, 5) is 2.10. The highest BCUT2D eigenvalue weighted by Gasteiger charge is 2.05. The second kappa shape index (κ2) is 6.34. The molecule has 0 heterocycles. The van der Waals surface area contributed by atoms with E-state index in [1.807, 2.05) is 38.4 Å². The molecule has 0 radical (unpaired) electrons. The number of rotatable bonds is 5. The summed E-state index contributed by atoms with van der Waals surface area (Å²) in [6.45, 7) is 1.42. The smallest absolute Gasteiger partial charge is 0.127 e. The first-order valence-corrected chi connectivity index (χ1v) is 6.37. The SMILES string of the molecule is CNc1ccc(CN(C)Cc2ccccc2F)cc1. The molecular formula is C16H19FN2. The average molecular weight is 258 g/mol. The van der Waals surface area contributed by atoms with Crippen LogP contribution < -0.4 is 5.32 Å². The van der Waals surface area contributed by atoms with Crippen molar-refractivity contribution in [2.75, 3.05) is 19.4 Å². The minimum Gasteiger partial charge on any atom is -0.388 e. The van der Waals surface area contributed by atoms with Gasteiger partial charge in [-0.15, -0.1) is 0 Å². The zero-order valence-corrected chi connectivity index (χ0v) is 11.4. The Morgan fingerprint density at radius 2 is 1.68 bits per heavy atom. The largest absolute Gasteiger partial charge is 0.388 e. The quantitative estimate of drug-likeness (QED) is 0.883. The number of halogens is 1. The van der Waals surface area contributed by atoms with Crippen LogP contribution in [0.5, 0.6) is 0 Å². The predicted molar refractivity (Wildman–Crippen MR) is 77.6 cm³/mol. The van der Waals surface area contributed by atoms with E-state index in [9.17, 15) is 4.39 Å². The van der Waals surface area contributed by atoms with Crippen molar-refractivity contribution in [3.8, 4) is 0 Å². The highest BCUT2D eigenvalue weighted by molar-refractivity contribution is 5.43. The van der Waals surface area contributed by atoms with Gasteiger partial charge in [0.25, 0.3) is 0 Å². The van der Waals surface area contributed by atoms with Crippen LogP contribution in [0.3, 0.4) is 0 Å². The third-order valence-corrected chi connectivity index (χ3v) is 3.09. The molecule has 100 valence electrons. The molecule has 1 N–H and O–H groups in total. The molecule has 2 rings (SSSR count). The first-order valence-electron chi connectivity index (χ1n) is 6.37. The molecule has 0 bridgehead atoms. The summed E-state index contributed by atoms with van der Waals surface area (Å²) in [5.41, 5.74) is 3.05. The van der Waals surface area contributed by atoms with Crippen LogP contribution >= 0.6 is 0 Å². The Morgan fingerprint density at radius 3 is 2.32 bits per heavy atom. The minimum atomic E-state index is -0.139. The van der Waals surface area contributed by atoms with Gasteiger partial charge in [-0.1, -0.05) is 30.3 Å². The van der Waals surface area contributed by atoms with Crippen LogP contribution in [0.25, 0.3) is 0 Å². The Kier molecular flexibility index (Phi) is 4.53. The molecule has 0 aliphatic carbocycles. The third kappa shape index (κ3) is 3.80. The Hall–Kier alpha value is -1.87. The van der Waals surface area contributed by atoms with Gasteiger partial charge >= 0.3 is 0 Å². The van der Waals surface area contributed by atoms with E-state index in [0.717, 1.165) is 17.8 Å². The Labute approximate surface area is 113 Å². The van der Waals surface area contributed by atoms with Crippen LogP contribution in [0, 0.1) is 5.82 Å². The van der Waals surface area contributed by atoms with Crippen LogP contribution in [0.4, 0.5) is 10.1 Å². The van der Waals surface area contributed by atoms with Crippen molar-refractivity contribution in [2.24, 2.45) is 0 Å². The predicted octanol–water partition coefficient (Wildman–Crippen LogP) is 3.50. The molecule has 0 spiro atoms. The van der Waals surface area contributed by atoms with E-state index < -0.39 is 0 Å². The maximum absolute atomic E-state index is 13.6. The van der Waals surface area contributed by atoms with Crippen molar-refractivity contribution in [1.82, 2.24) is 4.90 Å². The van der Waals surface area contributed by atoms with Gasteiger partial charge in [-0.25, -0.2) is 4.39 Å². The summed E-state index contributed by atoms with van der Waals surface area (Å²) >= 11 is 0. The minimum absolute atomic E-state index is 0.139. The standard InChI is InChI=1S/C16H19FN2/c1-18-15-9-7-13(8-10-15)11-19(2)12-14-5-3-4-6-16(14)17/h3-10,18H,11-12H2,1-2H3. The van der Waals surface area contributed by atoms with Gasteiger partial charge in [0.15, 0.2) is 0 Å². The third-order valence-electron chi connectivity index (χ3n) is 3.09. The van der Waals surface area contributed by atoms with E-state index in [4.69, 9.17) is 0 Å². The molecule has 0 atom stereocenters. The van der Waals surface area contributed by atoms with Crippen molar-refractivity contribution >= 4 is 5.69 Å². The molecular weight excluding hydrogens is 239 g/mol. The zero-order valence-electron chi connectivity index (χ0n) is 11.4. The molecule has 3 heteroatoms. The Bertz CT molecular complexity index is 523. The van der Waals surface area contributed by atoms with Crippen molar-refractivity contribution in [3.63, 3.8) is 0 Å². The molecule has 0 saturated carbocycles. The van der Waals surface area contributed by atoms with Gasteiger partial charge < -0.3 is 5.32 Å². The molecule has 2 aromatic rings. The van der Waals surface area contributed by atoms with Gasteiger partial charge in [0.2, 0.25) is 0 Å². The lowest BCUT2D eigenvalue weighted by Gasteiger charge is -2.17. The molecule has 0 aromatic heterocycles. The monoisotopic (exact) mass is 258 g/mol. The Balaban J connectivity index is 1.97. The fourth-order valence-electron chi connectivity index (χ4n) is 2.06. The first-order chi connectivity index (χ1) is 9.19. The molecule has 2 nitrogen and oxygen atoms in total. The lowest BCUT2D eigenvalue weighted by Crippen LogP contribution is -2.17. The molecule has 0 unspecified atom stereocenters. The van der Waals surface area contributed by atoms with Crippen LogP contribution in [0.15, 0.2) is 48.5 Å². The number of benzene rings is 2. The van der Waals surface area contributed by atoms with E-state index in [1.54, 1.807) is 6.07 Å². The van der Waals surface area contributed by atoms with Crippen molar-refractivity contribution in [2.45, 2.75) is 13.1 Å². The lowest BCUT2D eigenvalue weighted by atomic mass is 10.1. The van der Waals surface area contributed by atoms with Crippen LogP contribution in [-0.4, -0.2) is 19.0 Å². The van der Waals surface area contributed by atoms with E-state index in [2.05, 4.69) is 22.3 Å². The zero-order chi connectivity index (χ0) is 13.7. The highest BCUT2D eigenvalue weighted by atomic mass is 19.1. The fourth-order valence-corrected chi connectivity index (χ4v) is 2.06. The number of anilines is 1. The second-order valence-electron chi connectivity index (χ2n) is 4.71. The van der Waals surface area contributed by atoms with Crippen LogP contribution in [-0.2, 0) is 13.1 Å². The lowest BCUT2D eigenvalue weighted by molar-refractivity contribution is 0.313. The number of nitrogens with zero attached hydrogens (tertiary/aromatic N) is 1. The summed E-state index contributed by atoms with van der Waals surface area (Å²) < 4.78 is 13.6. The van der Waals surface area contributed by atoms with Crippen LogP contribution in [0.2, 0.25) is 0 Å². The molecule has 0 aliphatic heterocycles. The van der Waals surface area contributed by atoms with Gasteiger partial charge in [0.05, 0.1) is 0 Å². The number of hydrogen-bond donors (Lipinski definition) is 1. The van der Waals surface area contributed by atoms with E-state index in [-0.39, 0.29) is 5.82 Å². The van der Waals surface area contributed by atoms with Crippen molar-refractivity contribution in [3.05, 3.63) is 65.5 Å². The summed E-state index contributed by atoms with van der Waals surface area (Å²) in [5, 5.41) is 3.09. The van der Waals surface area contributed by atoms with E-state index in [0.29, 0.717) is 6.54 Å². The van der Waals surface area contributed by atoms with Gasteiger partial charge in [-0.05, 0) is 30.8 Å². The molecule has 0 saturated heterocycles. The van der Waals surface area contributed by atoms with Gasteiger partial charge in [0, 0.05) is 31.4 Å². The molecule has 2 aromatic carbocycles. The molecule has 0 aliphatic rings. The molecule has 0 amide bonds. The summed E-state index contributed by atoms with van der Waals surface area (Å²) in [5.74, 6) is -0.139. The van der Waals surface area contributed by atoms with Crippen LogP contribution in [0.1, 0.15) is 11.1 Å². The molecule has 19 heavy (non-hydrogen) atoms. The van der Waals surface area contributed by atoms with E-state index in [1.165, 1.54) is 11.6 Å². The maximum atomic E-state index is 13.6. The van der Waals surface area contributed by atoms with Gasteiger partial charge in [-0.2, -0.15) is 0 Å². The van der Waals surface area contributed by atoms with Gasteiger partial charge in [-0.3, -0.25) is 4.90 Å². The van der Waals surface area contributed by atoms with Crippen molar-refractivity contribution in [1.29, 1.82) is 0 Å². The highest BCUT2D eigenvalue weighted by Crippen LogP contribution is 2.13. The number of nitrogens with one attached hydrogen (secondary N) is 1. The van der Waals surface area contributed by atoms with Gasteiger partial charge in [0.1, 0.15) is 5.82 Å². The van der Waals surface area contributed by atoms with Crippen molar-refractivity contribution < 1.29 is 4.39 Å². The topological polar surface area (TPSA) is 15.3 Å². The summed E-state index contributed by atoms with van der Waals surface area (Å²) in [6.07, 6.45) is 0. The first kappa shape index (κ1) is 13.6. The maximum Gasteiger partial charge on any atom is 0.127 e. The summed E-state index contributed by atoms with van der Waals surface area (Å²) in [7, 11) is 3.90.